The van der Waals surface area contributed by atoms with E-state index < -0.39 is 67.9 Å². The number of ketones is 2. The van der Waals surface area contributed by atoms with Crippen LogP contribution in [0, 0.1) is 17.3 Å². The Morgan fingerprint density at radius 1 is 1.09 bits per heavy atom. The molecule has 1 aromatic heterocycles. The van der Waals surface area contributed by atoms with E-state index in [1.807, 2.05) is 45.0 Å². The standard InChI is InChI=1S/C42H57N3O10S/c1-9-29-22-42(29,40(50)44-56(51,52)33-13-14-33)23-36(47)35-21-32(54-38-34-15-12-31(53-26(4)5)19-27(34)16-17-43-38)24-45(35)39(49)28(10-11-30(46)18-25(2)3)20-37(48)55-41(6,7)8/h12,15-19,26,28-29,32-33,35H,9-11,13-14,20-24H2,1-8H3,(H,44,50)/t28-,29-,32-,35+,42-/m1/s1. The second kappa shape index (κ2) is 17.0. The van der Waals surface area contributed by atoms with Crippen molar-refractivity contribution in [1.29, 1.82) is 0 Å². The fourth-order valence-corrected chi connectivity index (χ4v) is 9.00. The van der Waals surface area contributed by atoms with Gasteiger partial charge in [0.25, 0.3) is 0 Å². The SMILES string of the molecule is CC[C@@H]1C[C@]1(CC(=O)[C@@H]1C[C@@H](Oc2nccc3cc(OC(C)C)ccc23)CN1C(=O)[C@H](CCC(=O)C=C(C)C)CC(=O)OC(C)(C)C)C(=O)NS(=O)(=O)C1CC1. The van der Waals surface area contributed by atoms with Gasteiger partial charge in [0.2, 0.25) is 27.7 Å². The van der Waals surface area contributed by atoms with Crippen LogP contribution in [0.2, 0.25) is 0 Å². The fourth-order valence-electron chi connectivity index (χ4n) is 7.61. The normalized spacial score (nSPS) is 22.7. The number of amides is 2. The predicted octanol–water partition coefficient (Wildman–Crippen LogP) is 6.02. The topological polar surface area (TPSA) is 175 Å². The van der Waals surface area contributed by atoms with Crippen LogP contribution in [-0.4, -0.2) is 83.3 Å². The molecule has 1 N–H and O–H groups in total. The first-order valence-corrected chi connectivity index (χ1v) is 21.3. The molecule has 3 aliphatic rings. The number of nitrogens with one attached hydrogen (secondary N) is 1. The van der Waals surface area contributed by atoms with Gasteiger partial charge in [-0.05, 0) is 116 Å². The van der Waals surface area contributed by atoms with Crippen LogP contribution < -0.4 is 14.2 Å². The van der Waals surface area contributed by atoms with Gasteiger partial charge in [0.05, 0.1) is 35.8 Å². The molecule has 5 rings (SSSR count). The Balaban J connectivity index is 1.45. The fraction of sp³-hybridized carbons (Fsp3) is 0.619. The lowest BCUT2D eigenvalue weighted by molar-refractivity contribution is -0.159. The lowest BCUT2D eigenvalue weighted by atomic mass is 9.90. The third kappa shape index (κ3) is 10.7. The van der Waals surface area contributed by atoms with Gasteiger partial charge in [-0.25, -0.2) is 13.4 Å². The zero-order valence-corrected chi connectivity index (χ0v) is 34.7. The summed E-state index contributed by atoms with van der Waals surface area (Å²) in [5.74, 6) is -2.62. The van der Waals surface area contributed by atoms with Gasteiger partial charge in [0.1, 0.15) is 17.5 Å². The number of carbonyl (C=O) groups excluding carboxylic acids is 5. The van der Waals surface area contributed by atoms with Gasteiger partial charge < -0.3 is 19.1 Å². The number of Topliss-reactive ketones (excluding diaryl/α,β-unsaturated/α-hetero) is 1. The van der Waals surface area contributed by atoms with E-state index in [-0.39, 0.29) is 56.5 Å². The van der Waals surface area contributed by atoms with Crippen LogP contribution in [0.4, 0.5) is 0 Å². The molecule has 1 aromatic carbocycles. The van der Waals surface area contributed by atoms with E-state index in [0.717, 1.165) is 11.0 Å². The molecule has 3 fully saturated rings. The Hall–Kier alpha value is -4.33. The highest BCUT2D eigenvalue weighted by Gasteiger charge is 2.61. The maximum Gasteiger partial charge on any atom is 0.307 e. The molecule has 5 atom stereocenters. The van der Waals surface area contributed by atoms with E-state index in [1.54, 1.807) is 40.8 Å². The number of hydrogen-bond acceptors (Lipinski definition) is 11. The second-order valence-corrected chi connectivity index (χ2v) is 19.1. The molecule has 2 saturated carbocycles. The molecule has 0 unspecified atom stereocenters. The number of allylic oxidation sites excluding steroid dienone is 2. The van der Waals surface area contributed by atoms with Crippen molar-refractivity contribution in [3.05, 3.63) is 42.1 Å². The summed E-state index contributed by atoms with van der Waals surface area (Å²) in [6.45, 7) is 14.5. The maximum atomic E-state index is 14.6. The highest BCUT2D eigenvalue weighted by molar-refractivity contribution is 7.90. The highest BCUT2D eigenvalue weighted by Crippen LogP contribution is 2.58. The van der Waals surface area contributed by atoms with Crippen LogP contribution >= 0.6 is 0 Å². The number of pyridine rings is 1. The number of likely N-dealkylation sites (tertiary alicyclic amines) is 1. The molecule has 0 bridgehead atoms. The van der Waals surface area contributed by atoms with Crippen LogP contribution in [0.3, 0.4) is 0 Å². The number of sulfonamides is 1. The van der Waals surface area contributed by atoms with Crippen molar-refractivity contribution in [3.63, 3.8) is 0 Å². The van der Waals surface area contributed by atoms with E-state index in [2.05, 4.69) is 9.71 Å². The summed E-state index contributed by atoms with van der Waals surface area (Å²) in [4.78, 5) is 74.6. The van der Waals surface area contributed by atoms with Gasteiger partial charge in [-0.15, -0.1) is 0 Å². The molecular formula is C42H57N3O10S. The quantitative estimate of drug-likeness (QED) is 0.138. The summed E-state index contributed by atoms with van der Waals surface area (Å²) in [5, 5.41) is 0.910. The number of hydrogen-bond donors (Lipinski definition) is 1. The first-order chi connectivity index (χ1) is 26.2. The number of esters is 1. The molecule has 0 spiro atoms. The first-order valence-electron chi connectivity index (χ1n) is 19.7. The number of carbonyl (C=O) groups is 5. The average molecular weight is 796 g/mol. The molecule has 2 aliphatic carbocycles. The number of rotatable bonds is 18. The molecule has 2 amide bonds. The molecule has 1 saturated heterocycles. The van der Waals surface area contributed by atoms with Crippen molar-refractivity contribution in [3.8, 4) is 11.6 Å². The number of nitrogens with zero attached hydrogens (tertiary/aromatic N) is 2. The van der Waals surface area contributed by atoms with E-state index in [9.17, 15) is 32.4 Å². The van der Waals surface area contributed by atoms with Gasteiger partial charge in [0.15, 0.2) is 11.6 Å². The molecule has 2 aromatic rings. The van der Waals surface area contributed by atoms with Crippen LogP contribution in [0.25, 0.3) is 10.8 Å². The monoisotopic (exact) mass is 795 g/mol. The summed E-state index contributed by atoms with van der Waals surface area (Å²) in [5.41, 5.74) is -1.24. The summed E-state index contributed by atoms with van der Waals surface area (Å²) in [6.07, 6.45) is 3.78. The average Bonchev–Trinajstić information content (AvgIpc) is 4.02. The largest absolute Gasteiger partial charge is 0.491 e. The van der Waals surface area contributed by atoms with Crippen LogP contribution in [0.15, 0.2) is 42.1 Å². The van der Waals surface area contributed by atoms with E-state index >= 15 is 0 Å². The van der Waals surface area contributed by atoms with Crippen molar-refractivity contribution in [2.24, 2.45) is 17.3 Å². The number of fused-ring (bicyclic) bond motifs is 1. The summed E-state index contributed by atoms with van der Waals surface area (Å²) >= 11 is 0. The van der Waals surface area contributed by atoms with Gasteiger partial charge in [-0.3, -0.25) is 28.7 Å². The lowest BCUT2D eigenvalue weighted by Gasteiger charge is -2.29. The molecule has 14 heteroatoms. The summed E-state index contributed by atoms with van der Waals surface area (Å²) < 4.78 is 45.7. The minimum absolute atomic E-state index is 0.00384. The van der Waals surface area contributed by atoms with Crippen molar-refractivity contribution in [1.82, 2.24) is 14.6 Å². The van der Waals surface area contributed by atoms with Crippen molar-refractivity contribution < 1.29 is 46.6 Å². The Kier molecular flexibility index (Phi) is 13.0. The predicted molar refractivity (Wildman–Crippen MR) is 210 cm³/mol. The third-order valence-electron chi connectivity index (χ3n) is 10.5. The van der Waals surface area contributed by atoms with Gasteiger partial charge in [0, 0.05) is 36.8 Å². The Morgan fingerprint density at radius 2 is 1.80 bits per heavy atom. The van der Waals surface area contributed by atoms with Gasteiger partial charge in [-0.2, -0.15) is 0 Å². The maximum absolute atomic E-state index is 14.6. The van der Waals surface area contributed by atoms with E-state index in [1.165, 1.54) is 11.0 Å². The zero-order chi connectivity index (χ0) is 41.2. The van der Waals surface area contributed by atoms with Crippen molar-refractivity contribution >= 4 is 50.1 Å². The van der Waals surface area contributed by atoms with Crippen molar-refractivity contribution in [2.45, 2.75) is 142 Å². The zero-order valence-electron chi connectivity index (χ0n) is 33.9. The minimum atomic E-state index is -3.85. The molecule has 2 heterocycles. The Bertz CT molecular complexity index is 1980. The van der Waals surface area contributed by atoms with Crippen LogP contribution in [0.5, 0.6) is 11.6 Å². The molecule has 56 heavy (non-hydrogen) atoms. The van der Waals surface area contributed by atoms with Crippen LogP contribution in [-0.2, 0) is 38.7 Å². The van der Waals surface area contributed by atoms with E-state index in [0.29, 0.717) is 42.7 Å². The summed E-state index contributed by atoms with van der Waals surface area (Å²) in [7, 11) is -3.85. The van der Waals surface area contributed by atoms with E-state index in [4.69, 9.17) is 14.2 Å². The smallest absolute Gasteiger partial charge is 0.307 e. The van der Waals surface area contributed by atoms with Gasteiger partial charge in [-0.1, -0.05) is 18.9 Å². The van der Waals surface area contributed by atoms with Crippen molar-refractivity contribution in [2.75, 3.05) is 6.54 Å². The number of aromatic nitrogens is 1. The molecular weight excluding hydrogens is 739 g/mol. The molecule has 0 radical (unpaired) electrons. The summed E-state index contributed by atoms with van der Waals surface area (Å²) in [6, 6.07) is 6.32. The molecule has 306 valence electrons. The number of benzene rings is 1. The minimum Gasteiger partial charge on any atom is -0.491 e. The third-order valence-corrected chi connectivity index (χ3v) is 12.3. The first kappa shape index (κ1) is 42.8. The Labute approximate surface area is 330 Å². The highest BCUT2D eigenvalue weighted by atomic mass is 32.2. The van der Waals surface area contributed by atoms with Gasteiger partial charge >= 0.3 is 5.97 Å². The molecule has 13 nitrogen and oxygen atoms in total. The molecule has 1 aliphatic heterocycles. The Morgan fingerprint density at radius 3 is 2.41 bits per heavy atom. The lowest BCUT2D eigenvalue weighted by Crippen LogP contribution is -2.46. The second-order valence-electron chi connectivity index (χ2n) is 17.1. The number of ether oxygens (including phenoxy) is 3. The van der Waals surface area contributed by atoms with Crippen LogP contribution in [0.1, 0.15) is 113 Å².